The molecule has 0 saturated heterocycles. The third-order valence-electron chi connectivity index (χ3n) is 4.55. The summed E-state index contributed by atoms with van der Waals surface area (Å²) in [5.41, 5.74) is 4.10. The Hall–Kier alpha value is -2.31. The first-order valence-electron chi connectivity index (χ1n) is 7.88. The summed E-state index contributed by atoms with van der Waals surface area (Å²) in [6.45, 7) is 3.76. The zero-order chi connectivity index (χ0) is 17.3. The highest BCUT2D eigenvalue weighted by molar-refractivity contribution is 7.19. The fraction of sp³-hybridized carbons (Fsp3) is 0.143. The second kappa shape index (κ2) is 6.30. The Balaban J connectivity index is 2.38. The molecule has 0 saturated carbocycles. The van der Waals surface area contributed by atoms with Crippen LogP contribution >= 0.6 is 9.24 Å². The van der Waals surface area contributed by atoms with Gasteiger partial charge in [0.25, 0.3) is 0 Å². The molecule has 3 heteroatoms. The number of phenolic OH excluding ortho intramolecular Hbond substituents is 2. The first-order valence-corrected chi connectivity index (χ1v) is 8.46. The number of aromatic hydroxyl groups is 2. The highest BCUT2D eigenvalue weighted by Gasteiger charge is 2.36. The summed E-state index contributed by atoms with van der Waals surface area (Å²) in [5.74, 6) is 0.495. The molecular formula is C21H21O2P. The number of aryl methyl sites for hydroxylation is 2. The van der Waals surface area contributed by atoms with Crippen LogP contribution < -0.4 is 0 Å². The maximum Gasteiger partial charge on any atom is 0.123 e. The number of benzene rings is 3. The maximum atomic E-state index is 10.7. The van der Waals surface area contributed by atoms with Gasteiger partial charge < -0.3 is 10.2 Å². The third kappa shape index (κ3) is 2.57. The van der Waals surface area contributed by atoms with Crippen molar-refractivity contribution in [1.82, 2.24) is 0 Å². The lowest BCUT2D eigenvalue weighted by atomic mass is 9.81. The predicted octanol–water partition coefficient (Wildman–Crippen LogP) is 4.88. The molecule has 2 N–H and O–H groups in total. The monoisotopic (exact) mass is 336 g/mol. The predicted molar refractivity (Wildman–Crippen MR) is 102 cm³/mol. The SMILES string of the molecule is Cc1cccc(C(P)(c2ccccc2)c2cccc(C)c2O)c1O. The van der Waals surface area contributed by atoms with Gasteiger partial charge in [0.05, 0.1) is 5.16 Å². The van der Waals surface area contributed by atoms with Crippen LogP contribution in [-0.4, -0.2) is 10.2 Å². The van der Waals surface area contributed by atoms with E-state index in [1.165, 1.54) is 0 Å². The van der Waals surface area contributed by atoms with Crippen molar-refractivity contribution in [3.05, 3.63) is 94.5 Å². The molecule has 0 bridgehead atoms. The Labute approximate surface area is 145 Å². The van der Waals surface area contributed by atoms with Crippen LogP contribution in [0.4, 0.5) is 0 Å². The van der Waals surface area contributed by atoms with Gasteiger partial charge in [-0.05, 0) is 30.5 Å². The second-order valence-electron chi connectivity index (χ2n) is 6.12. The smallest absolute Gasteiger partial charge is 0.123 e. The summed E-state index contributed by atoms with van der Waals surface area (Å²) in [7, 11) is 2.85. The minimum absolute atomic E-state index is 0.247. The molecule has 0 amide bonds. The van der Waals surface area contributed by atoms with Crippen LogP contribution in [0.5, 0.6) is 11.5 Å². The fourth-order valence-corrected chi connectivity index (χ4v) is 3.77. The third-order valence-corrected chi connectivity index (χ3v) is 5.51. The van der Waals surface area contributed by atoms with Gasteiger partial charge in [0.1, 0.15) is 11.5 Å². The number of hydrogen-bond donors (Lipinski definition) is 2. The molecule has 0 aromatic heterocycles. The van der Waals surface area contributed by atoms with E-state index in [0.717, 1.165) is 27.8 Å². The van der Waals surface area contributed by atoms with Crippen molar-refractivity contribution in [3.63, 3.8) is 0 Å². The summed E-state index contributed by atoms with van der Waals surface area (Å²) in [4.78, 5) is 0. The molecule has 0 aliphatic rings. The van der Waals surface area contributed by atoms with Crippen LogP contribution in [0, 0.1) is 13.8 Å². The molecular weight excluding hydrogens is 315 g/mol. The zero-order valence-corrected chi connectivity index (χ0v) is 15.0. The Kier molecular flexibility index (Phi) is 4.34. The first kappa shape index (κ1) is 16.5. The van der Waals surface area contributed by atoms with E-state index < -0.39 is 5.16 Å². The van der Waals surface area contributed by atoms with E-state index in [2.05, 4.69) is 9.24 Å². The Morgan fingerprint density at radius 3 is 1.58 bits per heavy atom. The number of para-hydroxylation sites is 2. The van der Waals surface area contributed by atoms with Crippen molar-refractivity contribution >= 4 is 9.24 Å². The zero-order valence-electron chi connectivity index (χ0n) is 13.8. The van der Waals surface area contributed by atoms with Gasteiger partial charge in [-0.3, -0.25) is 0 Å². The maximum absolute atomic E-state index is 10.7. The normalized spacial score (nSPS) is 11.5. The van der Waals surface area contributed by atoms with Crippen LogP contribution in [0.25, 0.3) is 0 Å². The van der Waals surface area contributed by atoms with Crippen molar-refractivity contribution in [2.45, 2.75) is 19.0 Å². The van der Waals surface area contributed by atoms with Gasteiger partial charge in [0.15, 0.2) is 0 Å². The molecule has 3 aromatic carbocycles. The van der Waals surface area contributed by atoms with Gasteiger partial charge in [-0.25, -0.2) is 0 Å². The van der Waals surface area contributed by atoms with E-state index in [1.54, 1.807) is 0 Å². The summed E-state index contributed by atoms with van der Waals surface area (Å²) < 4.78 is 0. The molecule has 0 aliphatic heterocycles. The van der Waals surface area contributed by atoms with Crippen LogP contribution in [0.15, 0.2) is 66.7 Å². The van der Waals surface area contributed by atoms with E-state index in [4.69, 9.17) is 0 Å². The van der Waals surface area contributed by atoms with Crippen molar-refractivity contribution < 1.29 is 10.2 Å². The Bertz CT molecular complexity index is 821. The lowest BCUT2D eigenvalue weighted by molar-refractivity contribution is 0.451. The number of hydrogen-bond acceptors (Lipinski definition) is 2. The average molecular weight is 336 g/mol. The van der Waals surface area contributed by atoms with Gasteiger partial charge in [-0.2, -0.15) is 0 Å². The molecule has 122 valence electrons. The van der Waals surface area contributed by atoms with Gasteiger partial charge >= 0.3 is 0 Å². The number of rotatable bonds is 3. The largest absolute Gasteiger partial charge is 0.507 e. The van der Waals surface area contributed by atoms with E-state index in [9.17, 15) is 10.2 Å². The lowest BCUT2D eigenvalue weighted by Crippen LogP contribution is -2.22. The minimum Gasteiger partial charge on any atom is -0.507 e. The molecule has 3 rings (SSSR count). The van der Waals surface area contributed by atoms with Crippen LogP contribution in [0.1, 0.15) is 27.8 Å². The highest BCUT2D eigenvalue weighted by atomic mass is 31.0. The van der Waals surface area contributed by atoms with Gasteiger partial charge in [0.2, 0.25) is 0 Å². The van der Waals surface area contributed by atoms with Gasteiger partial charge in [-0.15, -0.1) is 9.24 Å². The summed E-state index contributed by atoms with van der Waals surface area (Å²) in [5, 5.41) is 20.7. The Morgan fingerprint density at radius 2 is 1.12 bits per heavy atom. The summed E-state index contributed by atoms with van der Waals surface area (Å²) in [6, 6.07) is 21.3. The van der Waals surface area contributed by atoms with E-state index in [0.29, 0.717) is 0 Å². The molecule has 0 fully saturated rings. The van der Waals surface area contributed by atoms with E-state index in [-0.39, 0.29) is 11.5 Å². The summed E-state index contributed by atoms with van der Waals surface area (Å²) in [6.07, 6.45) is 0. The fourth-order valence-electron chi connectivity index (χ4n) is 3.11. The van der Waals surface area contributed by atoms with Gasteiger partial charge in [0, 0.05) is 11.1 Å². The van der Waals surface area contributed by atoms with Crippen molar-refractivity contribution in [2.75, 3.05) is 0 Å². The quantitative estimate of drug-likeness (QED) is 0.528. The molecule has 0 spiro atoms. The molecule has 3 aromatic rings. The first-order chi connectivity index (χ1) is 11.5. The number of phenols is 2. The van der Waals surface area contributed by atoms with E-state index in [1.807, 2.05) is 80.6 Å². The minimum atomic E-state index is -0.743. The molecule has 0 radical (unpaired) electrons. The van der Waals surface area contributed by atoms with Gasteiger partial charge in [-0.1, -0.05) is 66.7 Å². The topological polar surface area (TPSA) is 40.5 Å². The van der Waals surface area contributed by atoms with E-state index >= 15 is 0 Å². The van der Waals surface area contributed by atoms with Crippen molar-refractivity contribution in [1.29, 1.82) is 0 Å². The standard InChI is InChI=1S/C21H21O2P/c1-14-8-6-12-17(19(14)22)21(24,16-10-4-3-5-11-16)18-13-7-9-15(2)20(18)23/h3-13,22-23H,24H2,1-2H3. The lowest BCUT2D eigenvalue weighted by Gasteiger charge is -2.33. The molecule has 0 aliphatic carbocycles. The molecule has 0 heterocycles. The molecule has 2 nitrogen and oxygen atoms in total. The second-order valence-corrected chi connectivity index (χ2v) is 6.98. The average Bonchev–Trinajstić information content (AvgIpc) is 2.60. The summed E-state index contributed by atoms with van der Waals surface area (Å²) >= 11 is 0. The molecule has 1 atom stereocenters. The molecule has 24 heavy (non-hydrogen) atoms. The van der Waals surface area contributed by atoms with Crippen molar-refractivity contribution in [2.24, 2.45) is 0 Å². The highest BCUT2D eigenvalue weighted by Crippen LogP contribution is 2.51. The van der Waals surface area contributed by atoms with Crippen molar-refractivity contribution in [3.8, 4) is 11.5 Å². The van der Waals surface area contributed by atoms with Crippen LogP contribution in [0.2, 0.25) is 0 Å². The Morgan fingerprint density at radius 1 is 0.667 bits per heavy atom. The molecule has 1 unspecified atom stereocenters. The van der Waals surface area contributed by atoms with Crippen LogP contribution in [0.3, 0.4) is 0 Å². The van der Waals surface area contributed by atoms with Crippen LogP contribution in [-0.2, 0) is 5.16 Å².